The zero-order valence-corrected chi connectivity index (χ0v) is 13.8. The maximum atomic E-state index is 11.7. The van der Waals surface area contributed by atoms with Crippen molar-refractivity contribution in [3.63, 3.8) is 0 Å². The Balaban J connectivity index is 2.30. The van der Waals surface area contributed by atoms with Crippen LogP contribution in [0.15, 0.2) is 22.8 Å². The average Bonchev–Trinajstić information content (AvgIpc) is 3.05. The van der Waals surface area contributed by atoms with Crippen LogP contribution >= 0.6 is 0 Å². The van der Waals surface area contributed by atoms with Gasteiger partial charge in [0, 0.05) is 6.54 Å². The molecule has 0 saturated carbocycles. The van der Waals surface area contributed by atoms with Crippen molar-refractivity contribution in [3.8, 4) is 0 Å². The summed E-state index contributed by atoms with van der Waals surface area (Å²) in [5.74, 6) is -1.87. The smallest absolute Gasteiger partial charge is 0.328 e. The number of ether oxygens (including phenoxy) is 1. The van der Waals surface area contributed by atoms with Gasteiger partial charge in [0.1, 0.15) is 6.04 Å². The molecule has 1 atom stereocenters. The molecule has 0 unspecified atom stereocenters. The van der Waals surface area contributed by atoms with Crippen LogP contribution in [0.3, 0.4) is 0 Å². The van der Waals surface area contributed by atoms with E-state index >= 15 is 0 Å². The maximum absolute atomic E-state index is 11.7. The summed E-state index contributed by atoms with van der Waals surface area (Å²) in [5, 5.41) is 6.87. The van der Waals surface area contributed by atoms with E-state index in [1.807, 2.05) is 19.2 Å². The Morgan fingerprint density at radius 1 is 1.21 bits per heavy atom. The van der Waals surface area contributed by atoms with E-state index in [1.54, 1.807) is 0 Å². The predicted molar refractivity (Wildman–Crippen MR) is 83.0 cm³/mol. The third-order valence-electron chi connectivity index (χ3n) is 2.72. The van der Waals surface area contributed by atoms with Gasteiger partial charge in [0.2, 0.25) is 0 Å². The highest BCUT2D eigenvalue weighted by atomic mass is 16.5. The molecular weight excluding hydrogens is 318 g/mol. The summed E-state index contributed by atoms with van der Waals surface area (Å²) in [5.41, 5.74) is 0. The fraction of sp³-hybridized carbons (Fsp3) is 0.467. The molecule has 0 aliphatic rings. The molecule has 0 aromatic carbocycles. The number of rotatable bonds is 7. The lowest BCUT2D eigenvalue weighted by atomic mass is 10.2. The first-order valence-electron chi connectivity index (χ1n) is 7.38. The molecule has 0 spiro atoms. The van der Waals surface area contributed by atoms with Gasteiger partial charge in [0.05, 0.1) is 6.26 Å². The number of hydrogen-bond donors (Lipinski definition) is 3. The van der Waals surface area contributed by atoms with Gasteiger partial charge in [0.15, 0.2) is 12.4 Å². The maximum Gasteiger partial charge on any atom is 0.328 e. The van der Waals surface area contributed by atoms with Gasteiger partial charge in [-0.05, 0) is 25.0 Å². The van der Waals surface area contributed by atoms with Crippen LogP contribution in [-0.4, -0.2) is 43.0 Å². The summed E-state index contributed by atoms with van der Waals surface area (Å²) in [6.07, 6.45) is 1.33. The Morgan fingerprint density at radius 2 is 1.92 bits per heavy atom. The van der Waals surface area contributed by atoms with Crippen LogP contribution in [0.25, 0.3) is 0 Å². The van der Waals surface area contributed by atoms with Crippen LogP contribution < -0.4 is 16.0 Å². The molecule has 0 saturated heterocycles. The zero-order chi connectivity index (χ0) is 18.1. The van der Waals surface area contributed by atoms with Gasteiger partial charge in [-0.15, -0.1) is 0 Å². The minimum Gasteiger partial charge on any atom is -0.459 e. The molecule has 1 aromatic rings. The van der Waals surface area contributed by atoms with E-state index in [9.17, 15) is 19.2 Å². The lowest BCUT2D eigenvalue weighted by Crippen LogP contribution is -2.44. The van der Waals surface area contributed by atoms with Gasteiger partial charge in [-0.2, -0.15) is 0 Å². The van der Waals surface area contributed by atoms with Crippen molar-refractivity contribution < 1.29 is 28.3 Å². The Hall–Kier alpha value is -2.84. The molecule has 1 rings (SSSR count). The molecule has 0 bridgehead atoms. The van der Waals surface area contributed by atoms with Crippen molar-refractivity contribution in [1.82, 2.24) is 16.0 Å². The van der Waals surface area contributed by atoms with Crippen LogP contribution in [-0.2, 0) is 14.3 Å². The average molecular weight is 339 g/mol. The van der Waals surface area contributed by atoms with Crippen molar-refractivity contribution in [2.75, 3.05) is 13.2 Å². The molecule has 0 radical (unpaired) electrons. The summed E-state index contributed by atoms with van der Waals surface area (Å²) in [4.78, 5) is 46.2. The van der Waals surface area contributed by atoms with Crippen molar-refractivity contribution in [3.05, 3.63) is 24.2 Å². The molecule has 9 nitrogen and oxygen atoms in total. The number of urea groups is 1. The number of imide groups is 1. The fourth-order valence-corrected chi connectivity index (χ4v) is 1.50. The van der Waals surface area contributed by atoms with Crippen LogP contribution in [0.4, 0.5) is 4.79 Å². The monoisotopic (exact) mass is 339 g/mol. The number of esters is 1. The first-order chi connectivity index (χ1) is 11.3. The molecular formula is C15H21N3O6. The quantitative estimate of drug-likeness (QED) is 0.618. The van der Waals surface area contributed by atoms with Crippen molar-refractivity contribution in [2.45, 2.75) is 26.8 Å². The van der Waals surface area contributed by atoms with E-state index in [0.717, 1.165) is 0 Å². The van der Waals surface area contributed by atoms with Crippen LogP contribution in [0.5, 0.6) is 0 Å². The SMILES string of the molecule is CC(C)CNC(=O)NC(=O)COC(=O)[C@H](C)NC(=O)c1ccco1. The van der Waals surface area contributed by atoms with Gasteiger partial charge in [-0.3, -0.25) is 14.9 Å². The van der Waals surface area contributed by atoms with E-state index < -0.39 is 36.5 Å². The standard InChI is InChI=1S/C15H21N3O6/c1-9(2)7-16-15(22)18-12(19)8-24-14(21)10(3)17-13(20)11-5-4-6-23-11/h4-6,9-10H,7-8H2,1-3H3,(H,17,20)(H2,16,18,19,22)/t10-/m0/s1. The Kier molecular flexibility index (Phi) is 7.47. The second-order valence-corrected chi connectivity index (χ2v) is 5.43. The molecule has 0 aliphatic heterocycles. The topological polar surface area (TPSA) is 127 Å². The number of amides is 4. The highest BCUT2D eigenvalue weighted by Crippen LogP contribution is 2.00. The van der Waals surface area contributed by atoms with E-state index in [2.05, 4.69) is 10.6 Å². The third-order valence-corrected chi connectivity index (χ3v) is 2.72. The normalized spacial score (nSPS) is 11.5. The van der Waals surface area contributed by atoms with E-state index in [-0.39, 0.29) is 11.7 Å². The summed E-state index contributed by atoms with van der Waals surface area (Å²) < 4.78 is 9.62. The van der Waals surface area contributed by atoms with Gasteiger partial charge < -0.3 is 19.8 Å². The number of furan rings is 1. The van der Waals surface area contributed by atoms with E-state index in [1.165, 1.54) is 25.3 Å². The minimum absolute atomic E-state index is 0.0502. The van der Waals surface area contributed by atoms with Crippen molar-refractivity contribution in [2.24, 2.45) is 5.92 Å². The molecule has 132 valence electrons. The summed E-state index contributed by atoms with van der Waals surface area (Å²) >= 11 is 0. The molecule has 0 fully saturated rings. The van der Waals surface area contributed by atoms with Crippen LogP contribution in [0.2, 0.25) is 0 Å². The Labute approximate surface area is 139 Å². The molecule has 0 aliphatic carbocycles. The van der Waals surface area contributed by atoms with Gasteiger partial charge in [-0.1, -0.05) is 13.8 Å². The second kappa shape index (κ2) is 9.33. The van der Waals surface area contributed by atoms with Crippen molar-refractivity contribution >= 4 is 23.8 Å². The molecule has 24 heavy (non-hydrogen) atoms. The molecule has 1 heterocycles. The van der Waals surface area contributed by atoms with Crippen LogP contribution in [0.1, 0.15) is 31.3 Å². The third kappa shape index (κ3) is 6.95. The largest absolute Gasteiger partial charge is 0.459 e. The minimum atomic E-state index is -0.981. The molecule has 4 amide bonds. The van der Waals surface area contributed by atoms with E-state index in [0.29, 0.717) is 6.54 Å². The number of carbonyl (C=O) groups is 4. The zero-order valence-electron chi connectivity index (χ0n) is 13.8. The first kappa shape index (κ1) is 19.2. The van der Waals surface area contributed by atoms with Gasteiger partial charge >= 0.3 is 12.0 Å². The summed E-state index contributed by atoms with van der Waals surface area (Å²) in [6, 6.07) is 1.33. The Bertz CT molecular complexity index is 582. The number of carbonyl (C=O) groups excluding carboxylic acids is 4. The first-order valence-corrected chi connectivity index (χ1v) is 7.38. The lowest BCUT2D eigenvalue weighted by Gasteiger charge is -2.12. The van der Waals surface area contributed by atoms with Crippen molar-refractivity contribution in [1.29, 1.82) is 0 Å². The lowest BCUT2D eigenvalue weighted by molar-refractivity contribution is -0.149. The van der Waals surface area contributed by atoms with Gasteiger partial charge in [0.25, 0.3) is 11.8 Å². The highest BCUT2D eigenvalue weighted by Gasteiger charge is 2.20. The molecule has 9 heteroatoms. The fourth-order valence-electron chi connectivity index (χ4n) is 1.50. The predicted octanol–water partition coefficient (Wildman–Crippen LogP) is 0.423. The molecule has 3 N–H and O–H groups in total. The van der Waals surface area contributed by atoms with Crippen LogP contribution in [0, 0.1) is 5.92 Å². The second-order valence-electron chi connectivity index (χ2n) is 5.43. The summed E-state index contributed by atoms with van der Waals surface area (Å²) in [6.45, 7) is 4.99. The highest BCUT2D eigenvalue weighted by molar-refractivity contribution is 5.96. The number of nitrogens with one attached hydrogen (secondary N) is 3. The van der Waals surface area contributed by atoms with Gasteiger partial charge in [-0.25, -0.2) is 9.59 Å². The summed E-state index contributed by atoms with van der Waals surface area (Å²) in [7, 11) is 0. The van der Waals surface area contributed by atoms with E-state index in [4.69, 9.17) is 9.15 Å². The molecule has 1 aromatic heterocycles. The number of hydrogen-bond acceptors (Lipinski definition) is 6. The Morgan fingerprint density at radius 3 is 2.50 bits per heavy atom.